The normalized spacial score (nSPS) is 23.7. The maximum absolute atomic E-state index is 12.8. The van der Waals surface area contributed by atoms with Crippen LogP contribution in [0.25, 0.3) is 0 Å². The van der Waals surface area contributed by atoms with Crippen molar-refractivity contribution in [1.82, 2.24) is 4.90 Å². The van der Waals surface area contributed by atoms with E-state index >= 15 is 0 Å². The second-order valence-electron chi connectivity index (χ2n) is 6.98. The van der Waals surface area contributed by atoms with Crippen molar-refractivity contribution in [3.05, 3.63) is 29.8 Å². The van der Waals surface area contributed by atoms with E-state index < -0.39 is 5.60 Å². The average molecular weight is 317 g/mol. The second-order valence-corrected chi connectivity index (χ2v) is 6.98. The number of carbonyl (C=O) groups is 1. The topological polar surface area (TPSA) is 49.8 Å². The van der Waals surface area contributed by atoms with Crippen LogP contribution in [0.5, 0.6) is 5.75 Å². The summed E-state index contributed by atoms with van der Waals surface area (Å²) in [6.07, 6.45) is 7.03. The van der Waals surface area contributed by atoms with Crippen LogP contribution in [0, 0.1) is 0 Å². The summed E-state index contributed by atoms with van der Waals surface area (Å²) >= 11 is 0. The number of amides is 1. The van der Waals surface area contributed by atoms with E-state index in [4.69, 9.17) is 4.74 Å². The van der Waals surface area contributed by atoms with Gasteiger partial charge in [0.2, 0.25) is 5.91 Å². The molecule has 1 amide bonds. The highest BCUT2D eigenvalue weighted by Crippen LogP contribution is 2.37. The minimum absolute atomic E-state index is 0.0970. The quantitative estimate of drug-likeness (QED) is 0.925. The Bertz CT molecular complexity index is 551. The van der Waals surface area contributed by atoms with E-state index in [1.165, 1.54) is 6.42 Å². The third-order valence-electron chi connectivity index (χ3n) is 5.32. The molecule has 4 heteroatoms. The summed E-state index contributed by atoms with van der Waals surface area (Å²) < 4.78 is 5.30. The van der Waals surface area contributed by atoms with Crippen molar-refractivity contribution in [2.75, 3.05) is 13.7 Å². The van der Waals surface area contributed by atoms with Crippen LogP contribution in [-0.2, 0) is 4.79 Å². The molecule has 0 aromatic heterocycles. The Morgan fingerprint density at radius 3 is 2.83 bits per heavy atom. The lowest BCUT2D eigenvalue weighted by Gasteiger charge is -2.34. The van der Waals surface area contributed by atoms with E-state index in [-0.39, 0.29) is 18.4 Å². The van der Waals surface area contributed by atoms with Crippen LogP contribution in [0.15, 0.2) is 24.3 Å². The van der Waals surface area contributed by atoms with Gasteiger partial charge in [-0.1, -0.05) is 31.4 Å². The van der Waals surface area contributed by atoms with Gasteiger partial charge in [-0.15, -0.1) is 0 Å². The predicted octanol–water partition coefficient (Wildman–Crippen LogP) is 3.44. The highest BCUT2D eigenvalue weighted by molar-refractivity contribution is 5.78. The van der Waals surface area contributed by atoms with Gasteiger partial charge in [-0.2, -0.15) is 0 Å². The Hall–Kier alpha value is -1.55. The molecule has 1 saturated heterocycles. The van der Waals surface area contributed by atoms with E-state index in [0.717, 1.165) is 56.4 Å². The fourth-order valence-electron chi connectivity index (χ4n) is 4.03. The number of ether oxygens (including phenoxy) is 1. The molecule has 1 N–H and O–H groups in total. The maximum Gasteiger partial charge on any atom is 0.225 e. The monoisotopic (exact) mass is 317 g/mol. The van der Waals surface area contributed by atoms with Crippen LogP contribution in [0.1, 0.15) is 63.0 Å². The molecule has 1 aliphatic heterocycles. The van der Waals surface area contributed by atoms with Crippen LogP contribution in [-0.4, -0.2) is 35.2 Å². The molecular formula is C19H27NO3. The Morgan fingerprint density at radius 1 is 1.30 bits per heavy atom. The summed E-state index contributed by atoms with van der Waals surface area (Å²) in [5.74, 6) is 0.924. The van der Waals surface area contributed by atoms with Gasteiger partial charge in [-0.25, -0.2) is 0 Å². The fraction of sp³-hybridized carbons (Fsp3) is 0.632. The lowest BCUT2D eigenvalue weighted by atomic mass is 9.82. The molecule has 2 aliphatic rings. The van der Waals surface area contributed by atoms with Gasteiger partial charge in [-0.05, 0) is 43.4 Å². The first-order chi connectivity index (χ1) is 11.1. The Balaban J connectivity index is 1.71. The van der Waals surface area contributed by atoms with Crippen molar-refractivity contribution < 1.29 is 14.6 Å². The molecule has 1 aromatic carbocycles. The molecule has 0 bridgehead atoms. The first-order valence-electron chi connectivity index (χ1n) is 8.77. The molecule has 1 aromatic rings. The van der Waals surface area contributed by atoms with E-state index in [0.29, 0.717) is 0 Å². The van der Waals surface area contributed by atoms with Crippen molar-refractivity contribution in [3.8, 4) is 5.75 Å². The second kappa shape index (κ2) is 6.91. The first-order valence-corrected chi connectivity index (χ1v) is 8.77. The molecule has 3 rings (SSSR count). The summed E-state index contributed by atoms with van der Waals surface area (Å²) in [4.78, 5) is 14.8. The number of rotatable bonds is 4. The number of benzene rings is 1. The molecule has 23 heavy (non-hydrogen) atoms. The zero-order valence-electron chi connectivity index (χ0n) is 14.0. The maximum atomic E-state index is 12.8. The minimum atomic E-state index is -0.781. The summed E-state index contributed by atoms with van der Waals surface area (Å²) in [6.45, 7) is 0.788. The standard InChI is InChI=1S/C19H27NO3/c1-23-16-8-5-7-15(13-16)17-9-6-12-20(17)18(21)14-19(22)10-3-2-4-11-19/h5,7-8,13,17,22H,2-4,6,9-12,14H2,1H3. The highest BCUT2D eigenvalue weighted by Gasteiger charge is 2.37. The summed E-state index contributed by atoms with van der Waals surface area (Å²) in [6, 6.07) is 8.10. The van der Waals surface area contributed by atoms with Crippen molar-refractivity contribution in [2.24, 2.45) is 0 Å². The molecule has 0 spiro atoms. The number of aliphatic hydroxyl groups is 1. The molecule has 4 nitrogen and oxygen atoms in total. The third kappa shape index (κ3) is 3.69. The Labute approximate surface area is 138 Å². The van der Waals surface area contributed by atoms with Crippen LogP contribution in [0.4, 0.5) is 0 Å². The smallest absolute Gasteiger partial charge is 0.225 e. The Morgan fingerprint density at radius 2 is 2.09 bits per heavy atom. The first kappa shape index (κ1) is 16.3. The van der Waals surface area contributed by atoms with Crippen LogP contribution in [0.2, 0.25) is 0 Å². The molecular weight excluding hydrogens is 290 g/mol. The van der Waals surface area contributed by atoms with Gasteiger partial charge in [-0.3, -0.25) is 4.79 Å². The molecule has 1 atom stereocenters. The van der Waals surface area contributed by atoms with Gasteiger partial charge in [0.1, 0.15) is 5.75 Å². The number of carbonyl (C=O) groups excluding carboxylic acids is 1. The fourth-order valence-corrected chi connectivity index (χ4v) is 4.03. The lowest BCUT2D eigenvalue weighted by Crippen LogP contribution is -2.40. The van der Waals surface area contributed by atoms with E-state index in [9.17, 15) is 9.90 Å². The molecule has 0 radical (unpaired) electrons. The average Bonchev–Trinajstić information content (AvgIpc) is 3.05. The van der Waals surface area contributed by atoms with Crippen molar-refractivity contribution in [1.29, 1.82) is 0 Å². The number of nitrogens with zero attached hydrogens (tertiary/aromatic N) is 1. The zero-order chi connectivity index (χ0) is 16.3. The van der Waals surface area contributed by atoms with Crippen LogP contribution in [0.3, 0.4) is 0 Å². The Kier molecular flexibility index (Phi) is 4.90. The van der Waals surface area contributed by atoms with Crippen molar-refractivity contribution in [2.45, 2.75) is 63.0 Å². The molecule has 1 aliphatic carbocycles. The molecule has 126 valence electrons. The summed E-state index contributed by atoms with van der Waals surface area (Å²) in [5.41, 5.74) is 0.350. The van der Waals surface area contributed by atoms with Crippen molar-refractivity contribution in [3.63, 3.8) is 0 Å². The SMILES string of the molecule is COc1cccc(C2CCCN2C(=O)CC2(O)CCCCC2)c1. The molecule has 1 saturated carbocycles. The minimum Gasteiger partial charge on any atom is -0.497 e. The van der Waals surface area contributed by atoms with Gasteiger partial charge in [0.15, 0.2) is 0 Å². The highest BCUT2D eigenvalue weighted by atomic mass is 16.5. The number of methoxy groups -OCH3 is 1. The van der Waals surface area contributed by atoms with Crippen LogP contribution >= 0.6 is 0 Å². The van der Waals surface area contributed by atoms with Gasteiger partial charge in [0, 0.05) is 6.54 Å². The third-order valence-corrected chi connectivity index (χ3v) is 5.32. The summed E-state index contributed by atoms with van der Waals surface area (Å²) in [5, 5.41) is 10.7. The van der Waals surface area contributed by atoms with Crippen molar-refractivity contribution >= 4 is 5.91 Å². The lowest BCUT2D eigenvalue weighted by molar-refractivity contribution is -0.138. The van der Waals surface area contributed by atoms with E-state index in [1.54, 1.807) is 7.11 Å². The van der Waals surface area contributed by atoms with Gasteiger partial charge < -0.3 is 14.7 Å². The number of hydrogen-bond acceptors (Lipinski definition) is 3. The van der Waals surface area contributed by atoms with Gasteiger partial charge in [0.05, 0.1) is 25.2 Å². The molecule has 1 heterocycles. The van der Waals surface area contributed by atoms with Gasteiger partial charge >= 0.3 is 0 Å². The van der Waals surface area contributed by atoms with Crippen LogP contribution < -0.4 is 4.74 Å². The predicted molar refractivity (Wildman–Crippen MR) is 89.3 cm³/mol. The number of hydrogen-bond donors (Lipinski definition) is 1. The van der Waals surface area contributed by atoms with E-state index in [2.05, 4.69) is 6.07 Å². The zero-order valence-corrected chi connectivity index (χ0v) is 14.0. The summed E-state index contributed by atoms with van der Waals surface area (Å²) in [7, 11) is 1.66. The molecule has 2 fully saturated rings. The number of likely N-dealkylation sites (tertiary alicyclic amines) is 1. The van der Waals surface area contributed by atoms with Gasteiger partial charge in [0.25, 0.3) is 0 Å². The molecule has 1 unspecified atom stereocenters. The largest absolute Gasteiger partial charge is 0.497 e. The van der Waals surface area contributed by atoms with E-state index in [1.807, 2.05) is 23.1 Å².